The summed E-state index contributed by atoms with van der Waals surface area (Å²) in [5.74, 6) is -1.22. The van der Waals surface area contributed by atoms with Crippen LogP contribution in [0.25, 0.3) is 0 Å². The smallest absolute Gasteiger partial charge is 0.309 e. The molecule has 0 aromatic carbocycles. The number of ether oxygens (including phenoxy) is 1. The van der Waals surface area contributed by atoms with Crippen LogP contribution in [-0.2, 0) is 9.53 Å². The zero-order chi connectivity index (χ0) is 11.7. The third kappa shape index (κ3) is 5.57. The molecule has 0 heterocycles. The van der Waals surface area contributed by atoms with Gasteiger partial charge in [-0.15, -0.1) is 6.58 Å². The van der Waals surface area contributed by atoms with Crippen LogP contribution in [0.2, 0.25) is 0 Å². The highest BCUT2D eigenvalue weighted by Gasteiger charge is 2.25. The molecule has 3 heteroatoms. The van der Waals surface area contributed by atoms with Gasteiger partial charge in [0.2, 0.25) is 0 Å². The normalized spacial score (nSPS) is 14.5. The molecule has 88 valence electrons. The van der Waals surface area contributed by atoms with Crippen molar-refractivity contribution in [2.75, 3.05) is 13.2 Å². The van der Waals surface area contributed by atoms with Crippen LogP contribution >= 0.6 is 0 Å². The summed E-state index contributed by atoms with van der Waals surface area (Å²) in [4.78, 5) is 11.0. The highest BCUT2D eigenvalue weighted by molar-refractivity contribution is 5.70. The zero-order valence-corrected chi connectivity index (χ0v) is 9.74. The second kappa shape index (κ2) is 8.48. The van der Waals surface area contributed by atoms with Crippen LogP contribution in [0, 0.1) is 11.8 Å². The van der Waals surface area contributed by atoms with Crippen molar-refractivity contribution in [1.29, 1.82) is 0 Å². The second-order valence-electron chi connectivity index (χ2n) is 3.71. The summed E-state index contributed by atoms with van der Waals surface area (Å²) < 4.78 is 5.31. The number of rotatable bonds is 9. The lowest BCUT2D eigenvalue weighted by Crippen LogP contribution is -2.27. The molecule has 2 unspecified atom stereocenters. The van der Waals surface area contributed by atoms with Crippen LogP contribution in [0.5, 0.6) is 0 Å². The summed E-state index contributed by atoms with van der Waals surface area (Å²) in [5.41, 5.74) is 0. The molecule has 0 bridgehead atoms. The van der Waals surface area contributed by atoms with Gasteiger partial charge in [-0.1, -0.05) is 26.3 Å². The third-order valence-corrected chi connectivity index (χ3v) is 2.40. The van der Waals surface area contributed by atoms with Crippen LogP contribution in [0.1, 0.15) is 33.1 Å². The minimum atomic E-state index is -0.788. The van der Waals surface area contributed by atoms with Gasteiger partial charge in [0.05, 0.1) is 12.5 Å². The maximum atomic E-state index is 11.0. The molecule has 0 spiro atoms. The van der Waals surface area contributed by atoms with E-state index in [1.165, 1.54) is 0 Å². The fourth-order valence-electron chi connectivity index (χ4n) is 1.55. The Kier molecular flexibility index (Phi) is 8.01. The number of hydrogen-bond donors (Lipinski definition) is 1. The van der Waals surface area contributed by atoms with Crippen molar-refractivity contribution in [3.63, 3.8) is 0 Å². The van der Waals surface area contributed by atoms with Gasteiger partial charge in [-0.25, -0.2) is 0 Å². The van der Waals surface area contributed by atoms with Crippen LogP contribution in [0.3, 0.4) is 0 Å². The Morgan fingerprint density at radius 3 is 2.53 bits per heavy atom. The monoisotopic (exact) mass is 214 g/mol. The summed E-state index contributed by atoms with van der Waals surface area (Å²) >= 11 is 0. The van der Waals surface area contributed by atoms with Gasteiger partial charge < -0.3 is 9.84 Å². The van der Waals surface area contributed by atoms with Crippen LogP contribution in [-0.4, -0.2) is 24.3 Å². The Balaban J connectivity index is 4.21. The molecule has 0 fully saturated rings. The molecule has 2 atom stereocenters. The molecule has 0 aliphatic rings. The molecule has 0 aliphatic carbocycles. The Morgan fingerprint density at radius 1 is 1.47 bits per heavy atom. The van der Waals surface area contributed by atoms with Crippen molar-refractivity contribution >= 4 is 5.97 Å². The van der Waals surface area contributed by atoms with Crippen molar-refractivity contribution in [1.82, 2.24) is 0 Å². The molecule has 3 nitrogen and oxygen atoms in total. The van der Waals surface area contributed by atoms with Gasteiger partial charge in [0.15, 0.2) is 0 Å². The van der Waals surface area contributed by atoms with Crippen molar-refractivity contribution in [2.45, 2.75) is 33.1 Å². The van der Waals surface area contributed by atoms with E-state index in [1.807, 2.05) is 13.8 Å². The van der Waals surface area contributed by atoms with Gasteiger partial charge in [0.25, 0.3) is 0 Å². The van der Waals surface area contributed by atoms with E-state index in [-0.39, 0.29) is 5.92 Å². The Hall–Kier alpha value is -0.830. The van der Waals surface area contributed by atoms with E-state index in [4.69, 9.17) is 9.84 Å². The lowest BCUT2D eigenvalue weighted by Gasteiger charge is -2.20. The van der Waals surface area contributed by atoms with Gasteiger partial charge >= 0.3 is 5.97 Å². The molecule has 1 N–H and O–H groups in total. The molecule has 0 aromatic heterocycles. The zero-order valence-electron chi connectivity index (χ0n) is 9.74. The largest absolute Gasteiger partial charge is 0.481 e. The van der Waals surface area contributed by atoms with Gasteiger partial charge in [-0.3, -0.25) is 4.79 Å². The average molecular weight is 214 g/mol. The first-order chi connectivity index (χ1) is 7.17. The molecule has 0 saturated carbocycles. The highest BCUT2D eigenvalue weighted by atomic mass is 16.5. The molecule has 0 aromatic rings. The highest BCUT2D eigenvalue weighted by Crippen LogP contribution is 2.20. The number of hydrogen-bond acceptors (Lipinski definition) is 2. The molecule has 0 amide bonds. The van der Waals surface area contributed by atoms with Gasteiger partial charge in [0, 0.05) is 6.61 Å². The van der Waals surface area contributed by atoms with Crippen LogP contribution < -0.4 is 0 Å². The van der Waals surface area contributed by atoms with Crippen molar-refractivity contribution in [2.24, 2.45) is 11.8 Å². The van der Waals surface area contributed by atoms with Gasteiger partial charge in [0.1, 0.15) is 0 Å². The molecule has 0 saturated heterocycles. The summed E-state index contributed by atoms with van der Waals surface area (Å²) in [6.07, 6.45) is 4.47. The van der Waals surface area contributed by atoms with E-state index in [1.54, 1.807) is 6.08 Å². The molecule has 0 radical (unpaired) electrons. The summed E-state index contributed by atoms with van der Waals surface area (Å²) in [6.45, 7) is 8.66. The average Bonchev–Trinajstić information content (AvgIpc) is 2.21. The first-order valence-electron chi connectivity index (χ1n) is 5.60. The summed E-state index contributed by atoms with van der Waals surface area (Å²) in [7, 11) is 0. The van der Waals surface area contributed by atoms with Crippen molar-refractivity contribution < 1.29 is 14.6 Å². The molecule has 0 aliphatic heterocycles. The maximum absolute atomic E-state index is 11.0. The summed E-state index contributed by atoms with van der Waals surface area (Å²) in [6, 6.07) is 0. The predicted molar refractivity (Wildman–Crippen MR) is 60.8 cm³/mol. The van der Waals surface area contributed by atoms with Crippen molar-refractivity contribution in [3.8, 4) is 0 Å². The lowest BCUT2D eigenvalue weighted by molar-refractivity contribution is -0.145. The molecule has 0 rings (SSSR count). The number of carboxylic acids is 1. The number of carbonyl (C=O) groups is 1. The fourth-order valence-corrected chi connectivity index (χ4v) is 1.55. The van der Waals surface area contributed by atoms with E-state index in [0.29, 0.717) is 13.2 Å². The predicted octanol–water partition coefficient (Wildman–Crippen LogP) is 2.72. The minimum Gasteiger partial charge on any atom is -0.481 e. The van der Waals surface area contributed by atoms with E-state index in [9.17, 15) is 4.79 Å². The molecule has 15 heavy (non-hydrogen) atoms. The molecular formula is C12H22O3. The van der Waals surface area contributed by atoms with E-state index >= 15 is 0 Å². The number of aliphatic carboxylic acids is 1. The van der Waals surface area contributed by atoms with Crippen LogP contribution in [0.15, 0.2) is 12.7 Å². The van der Waals surface area contributed by atoms with E-state index in [0.717, 1.165) is 19.3 Å². The topological polar surface area (TPSA) is 46.5 Å². The maximum Gasteiger partial charge on any atom is 0.309 e. The first kappa shape index (κ1) is 14.2. The number of carboxylic acid groups (broad SMARTS) is 1. The van der Waals surface area contributed by atoms with Gasteiger partial charge in [-0.2, -0.15) is 0 Å². The Labute approximate surface area is 92.1 Å². The fraction of sp³-hybridized carbons (Fsp3) is 0.750. The third-order valence-electron chi connectivity index (χ3n) is 2.40. The van der Waals surface area contributed by atoms with E-state index < -0.39 is 11.9 Å². The quantitative estimate of drug-likeness (QED) is 0.474. The van der Waals surface area contributed by atoms with Crippen LogP contribution in [0.4, 0.5) is 0 Å². The summed E-state index contributed by atoms with van der Waals surface area (Å²) in [5, 5.41) is 9.07. The Bertz CT molecular complexity index is 189. The first-order valence-corrected chi connectivity index (χ1v) is 5.60. The SMILES string of the molecule is C=CC(CCC)C(COCCC)C(=O)O. The van der Waals surface area contributed by atoms with E-state index in [2.05, 4.69) is 6.58 Å². The number of allylic oxidation sites excluding steroid dienone is 1. The minimum absolute atomic E-state index is 0.0179. The van der Waals surface area contributed by atoms with Crippen molar-refractivity contribution in [3.05, 3.63) is 12.7 Å². The molecular weight excluding hydrogens is 192 g/mol. The van der Waals surface area contributed by atoms with Gasteiger partial charge in [-0.05, 0) is 18.8 Å². The second-order valence-corrected chi connectivity index (χ2v) is 3.71. The standard InChI is InChI=1S/C12H22O3/c1-4-7-10(6-3)11(12(13)14)9-15-8-5-2/h6,10-11H,3-5,7-9H2,1-2H3,(H,13,14). The lowest BCUT2D eigenvalue weighted by atomic mass is 9.89. The Morgan fingerprint density at radius 2 is 2.13 bits per heavy atom.